The molecule has 1 aromatic heterocycles. The van der Waals surface area contributed by atoms with Crippen molar-refractivity contribution in [3.8, 4) is 0 Å². The summed E-state index contributed by atoms with van der Waals surface area (Å²) in [7, 11) is 0. The van der Waals surface area contributed by atoms with E-state index < -0.39 is 29.4 Å². The molecule has 10 heteroatoms. The molecule has 0 unspecified atom stereocenters. The Balaban J connectivity index is 0.000000286. The van der Waals surface area contributed by atoms with Gasteiger partial charge in [0.2, 0.25) is 11.7 Å². The first-order valence-electron chi connectivity index (χ1n) is 9.27. The highest BCUT2D eigenvalue weighted by molar-refractivity contribution is 6.36. The van der Waals surface area contributed by atoms with E-state index in [0.29, 0.717) is 5.56 Å². The molecular weight excluding hydrogens is 453 g/mol. The van der Waals surface area contributed by atoms with Crippen molar-refractivity contribution in [2.75, 3.05) is 5.32 Å². The minimum absolute atomic E-state index is 0.0650. The molecule has 166 valence electrons. The molecule has 0 spiro atoms. The Kier molecular flexibility index (Phi) is 6.94. The number of fused-ring (bicyclic) bond motifs is 1. The van der Waals surface area contributed by atoms with Crippen LogP contribution in [0.4, 0.5) is 10.1 Å². The summed E-state index contributed by atoms with van der Waals surface area (Å²) in [6.07, 6.45) is 4.29. The van der Waals surface area contributed by atoms with Crippen molar-refractivity contribution in [2.45, 2.75) is 0 Å². The molecule has 1 aliphatic rings. The molecule has 0 atom stereocenters. The number of hydrogen-bond acceptors (Lipinski definition) is 5. The second-order valence-corrected chi connectivity index (χ2v) is 7.09. The molecule has 4 N–H and O–H groups in total. The molecule has 2 aromatic carbocycles. The van der Waals surface area contributed by atoms with Gasteiger partial charge in [-0.2, -0.15) is 0 Å². The van der Waals surface area contributed by atoms with Gasteiger partial charge in [0.25, 0.3) is 5.91 Å². The van der Waals surface area contributed by atoms with Crippen LogP contribution in [0, 0.1) is 5.82 Å². The number of aromatic carboxylic acids is 1. The number of nitrogens with zero attached hydrogens (tertiary/aromatic N) is 1. The number of aromatic nitrogens is 1. The Morgan fingerprint density at radius 2 is 1.73 bits per heavy atom. The first-order chi connectivity index (χ1) is 15.7. The topological polar surface area (TPSA) is 139 Å². The fourth-order valence-electron chi connectivity index (χ4n) is 2.83. The number of Topliss-reactive ketones (excluding diaryl/α,β-unsaturated/α-hetero) is 1. The molecule has 2 amide bonds. The van der Waals surface area contributed by atoms with Gasteiger partial charge in [0.1, 0.15) is 5.82 Å². The number of carbonyl (C=O) groups is 4. The van der Waals surface area contributed by atoms with Crippen LogP contribution >= 0.6 is 11.6 Å². The molecule has 8 nitrogen and oxygen atoms in total. The second-order valence-electron chi connectivity index (χ2n) is 6.68. The van der Waals surface area contributed by atoms with Crippen LogP contribution in [0.3, 0.4) is 0 Å². The predicted octanol–water partition coefficient (Wildman–Crippen LogP) is 3.58. The highest BCUT2D eigenvalue weighted by atomic mass is 35.5. The first-order valence-corrected chi connectivity index (χ1v) is 9.65. The minimum atomic E-state index is -1.19. The number of hydrogen-bond donors (Lipinski definition) is 3. The highest BCUT2D eigenvalue weighted by Gasteiger charge is 2.29. The van der Waals surface area contributed by atoms with Crippen LogP contribution in [0.5, 0.6) is 0 Å². The highest BCUT2D eigenvalue weighted by Crippen LogP contribution is 2.28. The standard InChI is InChI=1S/C17H9ClFNO4.C6H6N2O/c18-12-3-1-8(6-13(12)19)5-11-15(21)10-7-9(17(23)24)2-4-14(10)20-16(11)22;7-6(9)5-1-3-8-4-2-5/h1-7H,(H,20,22)(H,23,24);1-4H,(H2,7,9)/b11-5-;. The number of carboxylic acid groups (broad SMARTS) is 1. The lowest BCUT2D eigenvalue weighted by molar-refractivity contribution is -0.112. The largest absolute Gasteiger partial charge is 0.478 e. The number of primary amides is 1. The molecule has 2 heterocycles. The average molecular weight is 468 g/mol. The predicted molar refractivity (Wildman–Crippen MR) is 119 cm³/mol. The minimum Gasteiger partial charge on any atom is -0.478 e. The number of halogens is 2. The van der Waals surface area contributed by atoms with Crippen LogP contribution in [0.2, 0.25) is 5.02 Å². The Hall–Kier alpha value is -4.37. The van der Waals surface area contributed by atoms with Crippen LogP contribution in [0.15, 0.2) is 66.5 Å². The fraction of sp³-hybridized carbons (Fsp3) is 0. The maximum absolute atomic E-state index is 13.5. The van der Waals surface area contributed by atoms with Gasteiger partial charge >= 0.3 is 5.97 Å². The van der Waals surface area contributed by atoms with Gasteiger partial charge in [0.05, 0.1) is 21.8 Å². The maximum Gasteiger partial charge on any atom is 0.335 e. The third-order valence-corrected chi connectivity index (χ3v) is 4.77. The van der Waals surface area contributed by atoms with E-state index in [1.165, 1.54) is 48.8 Å². The van der Waals surface area contributed by atoms with Gasteiger partial charge in [-0.25, -0.2) is 9.18 Å². The Morgan fingerprint density at radius 1 is 1.03 bits per heavy atom. The van der Waals surface area contributed by atoms with E-state index in [9.17, 15) is 23.6 Å². The summed E-state index contributed by atoms with van der Waals surface area (Å²) < 4.78 is 13.5. The number of nitrogens with one attached hydrogen (secondary N) is 1. The van der Waals surface area contributed by atoms with Gasteiger partial charge in [-0.15, -0.1) is 0 Å². The van der Waals surface area contributed by atoms with E-state index in [0.717, 1.165) is 6.07 Å². The molecule has 0 aliphatic carbocycles. The number of ketones is 1. The van der Waals surface area contributed by atoms with Crippen molar-refractivity contribution in [3.05, 3.63) is 99.6 Å². The van der Waals surface area contributed by atoms with Crippen LogP contribution in [0.1, 0.15) is 36.6 Å². The van der Waals surface area contributed by atoms with Crippen molar-refractivity contribution < 1.29 is 28.7 Å². The third kappa shape index (κ3) is 5.46. The number of rotatable bonds is 3. The van der Waals surface area contributed by atoms with Gasteiger partial charge in [-0.1, -0.05) is 17.7 Å². The lowest BCUT2D eigenvalue weighted by Gasteiger charge is -2.18. The summed E-state index contributed by atoms with van der Waals surface area (Å²) in [5, 5.41) is 11.5. The van der Waals surface area contributed by atoms with E-state index in [1.807, 2.05) is 0 Å². The molecule has 3 aromatic rings. The molecule has 0 bridgehead atoms. The third-order valence-electron chi connectivity index (χ3n) is 4.47. The summed E-state index contributed by atoms with van der Waals surface area (Å²) in [6, 6.07) is 10.8. The SMILES string of the molecule is NC(=O)c1ccncc1.O=C1Nc2ccc(C(=O)O)cc2C(=O)/C1=C/c1ccc(Cl)c(F)c1. The molecule has 1 aliphatic heterocycles. The smallest absolute Gasteiger partial charge is 0.335 e. The van der Waals surface area contributed by atoms with Crippen molar-refractivity contribution >= 4 is 46.9 Å². The van der Waals surface area contributed by atoms with E-state index >= 15 is 0 Å². The zero-order valence-electron chi connectivity index (χ0n) is 16.7. The lowest BCUT2D eigenvalue weighted by atomic mass is 9.93. The Labute approximate surface area is 191 Å². The van der Waals surface area contributed by atoms with E-state index in [1.54, 1.807) is 12.1 Å². The summed E-state index contributed by atoms with van der Waals surface area (Å²) >= 11 is 5.60. The number of carboxylic acids is 1. The molecule has 4 rings (SSSR count). The van der Waals surface area contributed by atoms with Crippen molar-refractivity contribution in [3.63, 3.8) is 0 Å². The first kappa shape index (κ1) is 23.3. The number of pyridine rings is 1. The van der Waals surface area contributed by atoms with Crippen molar-refractivity contribution in [1.29, 1.82) is 0 Å². The van der Waals surface area contributed by atoms with Crippen LogP contribution in [-0.4, -0.2) is 33.7 Å². The maximum atomic E-state index is 13.5. The molecule has 0 fully saturated rings. The molecular formula is C23H15ClFN3O5. The molecule has 0 saturated heterocycles. The molecule has 0 radical (unpaired) electrons. The summed E-state index contributed by atoms with van der Waals surface area (Å²) in [5.74, 6) is -3.56. The normalized spacial score (nSPS) is 13.5. The zero-order valence-corrected chi connectivity index (χ0v) is 17.5. The summed E-state index contributed by atoms with van der Waals surface area (Å²) in [5.41, 5.74) is 5.73. The molecule has 0 saturated carbocycles. The van der Waals surface area contributed by atoms with E-state index in [4.69, 9.17) is 22.4 Å². The number of carbonyl (C=O) groups excluding carboxylic acids is 3. The summed E-state index contributed by atoms with van der Waals surface area (Å²) in [6.45, 7) is 0. The zero-order chi connectivity index (χ0) is 24.1. The lowest BCUT2D eigenvalue weighted by Crippen LogP contribution is -2.27. The van der Waals surface area contributed by atoms with E-state index in [2.05, 4.69) is 10.3 Å². The van der Waals surface area contributed by atoms with Gasteiger partial charge in [0, 0.05) is 23.5 Å². The second kappa shape index (κ2) is 9.84. The number of anilines is 1. The van der Waals surface area contributed by atoms with Crippen LogP contribution in [-0.2, 0) is 4.79 Å². The number of amides is 2. The van der Waals surface area contributed by atoms with Gasteiger partial charge in [0.15, 0.2) is 0 Å². The fourth-order valence-corrected chi connectivity index (χ4v) is 2.95. The average Bonchev–Trinajstić information content (AvgIpc) is 2.79. The van der Waals surface area contributed by atoms with Gasteiger partial charge in [-0.3, -0.25) is 19.4 Å². The van der Waals surface area contributed by atoms with Crippen molar-refractivity contribution in [2.24, 2.45) is 5.73 Å². The van der Waals surface area contributed by atoms with Gasteiger partial charge in [-0.05, 0) is 54.1 Å². The van der Waals surface area contributed by atoms with Crippen LogP contribution in [0.25, 0.3) is 6.08 Å². The monoisotopic (exact) mass is 467 g/mol. The number of benzene rings is 2. The quantitative estimate of drug-likeness (QED) is 0.397. The summed E-state index contributed by atoms with van der Waals surface area (Å²) in [4.78, 5) is 49.8. The Morgan fingerprint density at radius 3 is 2.30 bits per heavy atom. The molecule has 33 heavy (non-hydrogen) atoms. The Bertz CT molecular complexity index is 1310. The van der Waals surface area contributed by atoms with E-state index in [-0.39, 0.29) is 33.0 Å². The number of nitrogens with two attached hydrogens (primary N) is 1. The van der Waals surface area contributed by atoms with Crippen LogP contribution < -0.4 is 11.1 Å². The van der Waals surface area contributed by atoms with Crippen molar-refractivity contribution in [1.82, 2.24) is 4.98 Å². The van der Waals surface area contributed by atoms with Gasteiger partial charge < -0.3 is 16.2 Å².